The van der Waals surface area contributed by atoms with E-state index in [0.29, 0.717) is 0 Å². The van der Waals surface area contributed by atoms with Crippen LogP contribution in [0.15, 0.2) is 0 Å². The van der Waals surface area contributed by atoms with Crippen molar-refractivity contribution in [1.82, 2.24) is 4.90 Å². The summed E-state index contributed by atoms with van der Waals surface area (Å²) < 4.78 is 5.16. The molecule has 0 bridgehead atoms. The number of amides is 2. The van der Waals surface area contributed by atoms with E-state index in [-0.39, 0.29) is 55.1 Å². The number of carbonyl (C=O) groups is 3. The van der Waals surface area contributed by atoms with Gasteiger partial charge in [-0.05, 0) is 19.8 Å². The van der Waals surface area contributed by atoms with Gasteiger partial charge in [0.2, 0.25) is 11.8 Å². The van der Waals surface area contributed by atoms with Crippen LogP contribution in [0.2, 0.25) is 0 Å². The fourth-order valence-corrected chi connectivity index (χ4v) is 1.88. The molecule has 5 heteroatoms. The molecular formula is C13H21NO4. The minimum Gasteiger partial charge on any atom is -0.371 e. The molecule has 0 saturated carbocycles. The van der Waals surface area contributed by atoms with E-state index in [0.717, 1.165) is 4.90 Å². The van der Waals surface area contributed by atoms with Gasteiger partial charge in [0.15, 0.2) is 5.78 Å². The van der Waals surface area contributed by atoms with Crippen molar-refractivity contribution in [2.24, 2.45) is 11.8 Å². The molecule has 1 fully saturated rings. The van der Waals surface area contributed by atoms with Crippen molar-refractivity contribution in [2.75, 3.05) is 13.2 Å². The zero-order valence-corrected chi connectivity index (χ0v) is 11.4. The first-order chi connectivity index (χ1) is 8.32. The molecule has 0 aromatic heterocycles. The summed E-state index contributed by atoms with van der Waals surface area (Å²) in [6.45, 7) is 7.25. The minimum atomic E-state index is -0.281. The Balaban J connectivity index is 2.54. The fraction of sp³-hybridized carbons (Fsp3) is 0.769. The van der Waals surface area contributed by atoms with E-state index in [4.69, 9.17) is 4.74 Å². The van der Waals surface area contributed by atoms with Gasteiger partial charge >= 0.3 is 0 Å². The molecule has 5 nitrogen and oxygen atoms in total. The lowest BCUT2D eigenvalue weighted by atomic mass is 9.94. The Bertz CT molecular complexity index is 349. The molecule has 18 heavy (non-hydrogen) atoms. The highest BCUT2D eigenvalue weighted by Gasteiger charge is 2.40. The van der Waals surface area contributed by atoms with Crippen molar-refractivity contribution in [2.45, 2.75) is 40.2 Å². The van der Waals surface area contributed by atoms with Crippen molar-refractivity contribution < 1.29 is 19.1 Å². The van der Waals surface area contributed by atoms with Crippen LogP contribution in [0.3, 0.4) is 0 Å². The average molecular weight is 255 g/mol. The fourth-order valence-electron chi connectivity index (χ4n) is 1.88. The molecule has 1 aliphatic heterocycles. The number of hydrogen-bond acceptors (Lipinski definition) is 4. The van der Waals surface area contributed by atoms with E-state index in [2.05, 4.69) is 0 Å². The van der Waals surface area contributed by atoms with Crippen LogP contribution < -0.4 is 0 Å². The quantitative estimate of drug-likeness (QED) is 0.664. The number of carbonyl (C=O) groups excluding carboxylic acids is 3. The third-order valence-corrected chi connectivity index (χ3v) is 3.00. The summed E-state index contributed by atoms with van der Waals surface area (Å²) in [5.41, 5.74) is 0. The largest absolute Gasteiger partial charge is 0.371 e. The van der Waals surface area contributed by atoms with Crippen LogP contribution in [-0.2, 0) is 19.1 Å². The van der Waals surface area contributed by atoms with E-state index >= 15 is 0 Å². The van der Waals surface area contributed by atoms with E-state index in [1.807, 2.05) is 27.7 Å². The molecule has 1 aliphatic rings. The molecule has 0 radical (unpaired) electrons. The standard InChI is InChI=1S/C13H21NO4/c1-8(2)11-5-12(16)14(13(11)17)6-10(15)7-18-9(3)4/h8-9,11H,5-7H2,1-4H3. The zero-order valence-electron chi connectivity index (χ0n) is 11.4. The van der Waals surface area contributed by atoms with Gasteiger partial charge in [0.1, 0.15) is 6.61 Å². The topological polar surface area (TPSA) is 63.7 Å². The third kappa shape index (κ3) is 3.63. The predicted molar refractivity (Wildman–Crippen MR) is 65.8 cm³/mol. The van der Waals surface area contributed by atoms with E-state index in [1.54, 1.807) is 0 Å². The summed E-state index contributed by atoms with van der Waals surface area (Å²) in [5.74, 6) is -0.885. The van der Waals surface area contributed by atoms with Crippen LogP contribution in [0.4, 0.5) is 0 Å². The van der Waals surface area contributed by atoms with Gasteiger partial charge in [0.05, 0.1) is 12.6 Å². The maximum atomic E-state index is 11.9. The lowest BCUT2D eigenvalue weighted by Crippen LogP contribution is -2.37. The maximum absolute atomic E-state index is 11.9. The van der Waals surface area contributed by atoms with Crippen LogP contribution in [0.5, 0.6) is 0 Å². The summed E-state index contributed by atoms with van der Waals surface area (Å²) >= 11 is 0. The summed E-state index contributed by atoms with van der Waals surface area (Å²) in [6, 6.07) is 0. The number of rotatable bonds is 6. The minimum absolute atomic E-state index is 0.0395. The van der Waals surface area contributed by atoms with E-state index in [9.17, 15) is 14.4 Å². The Morgan fingerprint density at radius 2 is 1.94 bits per heavy atom. The Morgan fingerprint density at radius 1 is 1.33 bits per heavy atom. The molecule has 0 aromatic carbocycles. The SMILES string of the molecule is CC(C)OCC(=O)CN1C(=O)CC(C(C)C)C1=O. The lowest BCUT2D eigenvalue weighted by Gasteiger charge is -2.16. The highest BCUT2D eigenvalue weighted by Crippen LogP contribution is 2.26. The average Bonchev–Trinajstić information content (AvgIpc) is 2.54. The molecule has 0 spiro atoms. The second-order valence-electron chi connectivity index (χ2n) is 5.27. The first-order valence-electron chi connectivity index (χ1n) is 6.30. The van der Waals surface area contributed by atoms with Gasteiger partial charge in [-0.3, -0.25) is 19.3 Å². The monoisotopic (exact) mass is 255 g/mol. The van der Waals surface area contributed by atoms with Crippen LogP contribution in [0.1, 0.15) is 34.1 Å². The third-order valence-electron chi connectivity index (χ3n) is 3.00. The number of hydrogen-bond donors (Lipinski definition) is 0. The summed E-state index contributed by atoms with van der Waals surface area (Å²) in [7, 11) is 0. The van der Waals surface area contributed by atoms with Gasteiger partial charge in [-0.2, -0.15) is 0 Å². The van der Waals surface area contributed by atoms with Crippen molar-refractivity contribution in [3.8, 4) is 0 Å². The second kappa shape index (κ2) is 6.09. The number of Topliss-reactive ketones (excluding diaryl/α,β-unsaturated/α-hetero) is 1. The van der Waals surface area contributed by atoms with Gasteiger partial charge in [-0.15, -0.1) is 0 Å². The Hall–Kier alpha value is -1.23. The number of ether oxygens (including phenoxy) is 1. The first-order valence-corrected chi connectivity index (χ1v) is 6.30. The van der Waals surface area contributed by atoms with Crippen molar-refractivity contribution in [3.05, 3.63) is 0 Å². The molecule has 1 unspecified atom stereocenters. The molecule has 0 N–H and O–H groups in total. The van der Waals surface area contributed by atoms with Crippen molar-refractivity contribution in [3.63, 3.8) is 0 Å². The summed E-state index contributed by atoms with van der Waals surface area (Å²) in [5, 5.41) is 0. The van der Waals surface area contributed by atoms with Gasteiger partial charge in [-0.1, -0.05) is 13.8 Å². The normalized spacial score (nSPS) is 20.3. The first kappa shape index (κ1) is 14.8. The van der Waals surface area contributed by atoms with Gasteiger partial charge in [0.25, 0.3) is 0 Å². The molecule has 1 rings (SSSR count). The highest BCUT2D eigenvalue weighted by molar-refractivity contribution is 6.06. The van der Waals surface area contributed by atoms with Crippen LogP contribution in [0, 0.1) is 11.8 Å². The van der Waals surface area contributed by atoms with E-state index in [1.165, 1.54) is 0 Å². The van der Waals surface area contributed by atoms with Crippen LogP contribution in [-0.4, -0.2) is 41.8 Å². The number of likely N-dealkylation sites (tertiary alicyclic amines) is 1. The summed E-state index contributed by atoms with van der Waals surface area (Å²) in [6.07, 6.45) is 0.178. The zero-order chi connectivity index (χ0) is 13.9. The Kier molecular flexibility index (Phi) is 5.02. The van der Waals surface area contributed by atoms with Crippen molar-refractivity contribution >= 4 is 17.6 Å². The van der Waals surface area contributed by atoms with Gasteiger partial charge in [0, 0.05) is 12.3 Å². The Morgan fingerprint density at radius 3 is 2.39 bits per heavy atom. The molecule has 0 aromatic rings. The van der Waals surface area contributed by atoms with Crippen LogP contribution in [0.25, 0.3) is 0 Å². The molecule has 2 amide bonds. The van der Waals surface area contributed by atoms with Gasteiger partial charge in [-0.25, -0.2) is 0 Å². The van der Waals surface area contributed by atoms with Crippen molar-refractivity contribution in [1.29, 1.82) is 0 Å². The second-order valence-corrected chi connectivity index (χ2v) is 5.27. The predicted octanol–water partition coefficient (Wildman–Crippen LogP) is 1.01. The Labute approximate surface area is 107 Å². The number of ketones is 1. The smallest absolute Gasteiger partial charge is 0.233 e. The maximum Gasteiger partial charge on any atom is 0.233 e. The summed E-state index contributed by atoms with van der Waals surface area (Å²) in [4.78, 5) is 36.3. The van der Waals surface area contributed by atoms with E-state index < -0.39 is 0 Å². The molecule has 1 saturated heterocycles. The molecule has 0 aliphatic carbocycles. The molecule has 1 heterocycles. The molecule has 1 atom stereocenters. The molecular weight excluding hydrogens is 234 g/mol. The lowest BCUT2D eigenvalue weighted by molar-refractivity contribution is -0.144. The number of imide groups is 1. The van der Waals surface area contributed by atoms with Crippen LogP contribution >= 0.6 is 0 Å². The highest BCUT2D eigenvalue weighted by atomic mass is 16.5. The van der Waals surface area contributed by atoms with Gasteiger partial charge < -0.3 is 4.74 Å². The number of nitrogens with zero attached hydrogens (tertiary/aromatic N) is 1. The molecule has 102 valence electrons.